The standard InChI is InChI=1S/C40H48F6N12O8S2/c1-65-31(61)9-13-67-33-23(55-29(59)7-3-5-11-51-37(47)48)15-21(39(41,42)43)17-25(33)57-35(63)27-19-28(54-20-53-27)36(64)58-26-18-22(40(44,45)46)16-24(34(26)68-14-10-32(62)66-2)56-30(60)8-4-6-12-52-38(49)50/h15-20H,3-14H2,1-2H3,(H,55,59)(H,56,60)(H,57,63)(H,58,64)(H4,47,48,51)(H4,49,50,52). The van der Waals surface area contributed by atoms with Gasteiger partial charge in [0.2, 0.25) is 11.8 Å². The molecule has 0 aliphatic rings. The molecule has 0 bridgehead atoms. The van der Waals surface area contributed by atoms with Crippen molar-refractivity contribution in [1.29, 1.82) is 0 Å². The summed E-state index contributed by atoms with van der Waals surface area (Å²) in [4.78, 5) is 92.2. The van der Waals surface area contributed by atoms with Gasteiger partial charge in [-0.15, -0.1) is 23.5 Å². The van der Waals surface area contributed by atoms with Gasteiger partial charge in [0.25, 0.3) is 11.8 Å². The number of nitrogens with two attached hydrogens (primary N) is 4. The smallest absolute Gasteiger partial charge is 0.416 e. The van der Waals surface area contributed by atoms with Crippen LogP contribution in [0.1, 0.15) is 83.5 Å². The fourth-order valence-electron chi connectivity index (χ4n) is 5.56. The molecule has 0 radical (unpaired) electrons. The summed E-state index contributed by atoms with van der Waals surface area (Å²) in [7, 11) is 2.24. The van der Waals surface area contributed by atoms with Crippen LogP contribution >= 0.6 is 23.5 Å². The number of aliphatic imine (C=N–C) groups is 2. The number of amides is 4. The molecule has 0 saturated heterocycles. The van der Waals surface area contributed by atoms with Crippen LogP contribution in [0.5, 0.6) is 0 Å². The first-order chi connectivity index (χ1) is 32.0. The first kappa shape index (κ1) is 55.5. The zero-order valence-electron chi connectivity index (χ0n) is 36.4. The molecule has 370 valence electrons. The van der Waals surface area contributed by atoms with Crippen molar-refractivity contribution in [2.75, 3.05) is 60.1 Å². The Hall–Kier alpha value is -6.84. The first-order valence-corrected chi connectivity index (χ1v) is 22.0. The summed E-state index contributed by atoms with van der Waals surface area (Å²) in [6, 6.07) is 3.24. The predicted molar refractivity (Wildman–Crippen MR) is 242 cm³/mol. The molecule has 68 heavy (non-hydrogen) atoms. The molecule has 0 unspecified atom stereocenters. The summed E-state index contributed by atoms with van der Waals surface area (Å²) >= 11 is 1.59. The lowest BCUT2D eigenvalue weighted by Gasteiger charge is -2.19. The van der Waals surface area contributed by atoms with Crippen molar-refractivity contribution in [3.8, 4) is 0 Å². The van der Waals surface area contributed by atoms with Gasteiger partial charge in [-0.25, -0.2) is 9.97 Å². The van der Waals surface area contributed by atoms with Crippen LogP contribution in [0, 0.1) is 0 Å². The Morgan fingerprint density at radius 1 is 0.559 bits per heavy atom. The molecule has 1 aromatic heterocycles. The van der Waals surface area contributed by atoms with Crippen LogP contribution in [0.15, 0.2) is 56.4 Å². The van der Waals surface area contributed by atoms with E-state index in [0.717, 1.165) is 50.1 Å². The minimum absolute atomic E-state index is 0.0925. The van der Waals surface area contributed by atoms with E-state index in [-0.39, 0.29) is 96.2 Å². The Kier molecular flexibility index (Phi) is 21.6. The summed E-state index contributed by atoms with van der Waals surface area (Å²) < 4.78 is 94.9. The number of thioether (sulfide) groups is 2. The molecule has 2 aromatic carbocycles. The summed E-state index contributed by atoms with van der Waals surface area (Å²) in [6.45, 7) is 0.373. The number of alkyl halides is 6. The minimum Gasteiger partial charge on any atom is -0.469 e. The van der Waals surface area contributed by atoms with Crippen LogP contribution in [-0.4, -0.2) is 96.3 Å². The number of nitrogens with one attached hydrogen (secondary N) is 4. The number of halogens is 6. The van der Waals surface area contributed by atoms with Crippen LogP contribution < -0.4 is 44.2 Å². The number of anilines is 4. The average molecular weight is 1000 g/mol. The average Bonchev–Trinajstić information content (AvgIpc) is 3.26. The zero-order chi connectivity index (χ0) is 50.6. The van der Waals surface area contributed by atoms with E-state index >= 15 is 0 Å². The molecule has 3 aromatic rings. The van der Waals surface area contributed by atoms with E-state index < -0.39 is 81.8 Å². The van der Waals surface area contributed by atoms with Gasteiger partial charge in [0, 0.05) is 43.5 Å². The third kappa shape index (κ3) is 18.8. The van der Waals surface area contributed by atoms with Gasteiger partial charge in [-0.3, -0.25) is 38.8 Å². The number of hydrogen-bond acceptors (Lipinski definition) is 14. The molecule has 0 saturated carbocycles. The molecule has 0 atom stereocenters. The molecule has 0 aliphatic carbocycles. The number of nitrogens with zero attached hydrogens (tertiary/aromatic N) is 4. The molecule has 0 fully saturated rings. The van der Waals surface area contributed by atoms with E-state index in [1.165, 1.54) is 0 Å². The molecule has 1 heterocycles. The number of benzene rings is 2. The number of rotatable bonds is 24. The summed E-state index contributed by atoms with van der Waals surface area (Å²) in [5.74, 6) is -5.67. The Morgan fingerprint density at radius 2 is 0.912 bits per heavy atom. The second-order valence-corrected chi connectivity index (χ2v) is 16.2. The second-order valence-electron chi connectivity index (χ2n) is 14.0. The number of ether oxygens (including phenoxy) is 2. The maximum atomic E-state index is 14.3. The van der Waals surface area contributed by atoms with Crippen LogP contribution in [0.3, 0.4) is 0 Å². The third-order valence-electron chi connectivity index (χ3n) is 8.78. The molecule has 12 N–H and O–H groups in total. The number of esters is 2. The molecular weight excluding hydrogens is 955 g/mol. The Balaban J connectivity index is 2.02. The van der Waals surface area contributed by atoms with Crippen molar-refractivity contribution in [1.82, 2.24) is 9.97 Å². The highest BCUT2D eigenvalue weighted by atomic mass is 32.2. The molecule has 28 heteroatoms. The Labute approximate surface area is 393 Å². The number of unbranched alkanes of at least 4 members (excludes halogenated alkanes) is 2. The van der Waals surface area contributed by atoms with E-state index in [9.17, 15) is 55.1 Å². The summed E-state index contributed by atoms with van der Waals surface area (Å²) in [5, 5.41) is 9.45. The van der Waals surface area contributed by atoms with Crippen molar-refractivity contribution >= 4 is 93.8 Å². The van der Waals surface area contributed by atoms with Crippen molar-refractivity contribution in [3.63, 3.8) is 0 Å². The highest BCUT2D eigenvalue weighted by Gasteiger charge is 2.35. The first-order valence-electron chi connectivity index (χ1n) is 20.1. The topological polar surface area (TPSA) is 324 Å². The monoisotopic (exact) mass is 1000 g/mol. The molecule has 3 rings (SSSR count). The largest absolute Gasteiger partial charge is 0.469 e. The van der Waals surface area contributed by atoms with E-state index in [1.807, 2.05) is 0 Å². The van der Waals surface area contributed by atoms with Gasteiger partial charge in [0.15, 0.2) is 11.9 Å². The lowest BCUT2D eigenvalue weighted by molar-refractivity contribution is -0.141. The Morgan fingerprint density at radius 3 is 1.24 bits per heavy atom. The van der Waals surface area contributed by atoms with E-state index in [1.54, 1.807) is 0 Å². The highest BCUT2D eigenvalue weighted by molar-refractivity contribution is 7.99. The van der Waals surface area contributed by atoms with Gasteiger partial charge in [0.1, 0.15) is 17.7 Å². The molecule has 4 amide bonds. The number of methoxy groups -OCH3 is 2. The van der Waals surface area contributed by atoms with Crippen LogP contribution in [-0.2, 0) is 41.0 Å². The lowest BCUT2D eigenvalue weighted by Crippen LogP contribution is -2.23. The van der Waals surface area contributed by atoms with E-state index in [0.29, 0.717) is 37.1 Å². The quantitative estimate of drug-likeness (QED) is 0.0145. The van der Waals surface area contributed by atoms with Gasteiger partial charge < -0.3 is 53.7 Å². The van der Waals surface area contributed by atoms with Crippen molar-refractivity contribution in [2.45, 2.75) is 73.5 Å². The number of guanidine groups is 2. The SMILES string of the molecule is COC(=O)CCSc1c(NC(=O)CCCCN=C(N)N)cc(C(F)(F)F)cc1NC(=O)c1cc(C(=O)Nc2cc(C(F)(F)F)cc(NC(=O)CCCCN=C(N)N)c2SCCC(=O)OC)ncn1. The molecule has 0 aliphatic heterocycles. The summed E-state index contributed by atoms with van der Waals surface area (Å²) in [6.07, 6.45) is -8.88. The van der Waals surface area contributed by atoms with Gasteiger partial charge in [0.05, 0.1) is 70.7 Å². The maximum Gasteiger partial charge on any atom is 0.416 e. The third-order valence-corrected chi connectivity index (χ3v) is 11.1. The second kappa shape index (κ2) is 26.5. The highest BCUT2D eigenvalue weighted by Crippen LogP contribution is 2.43. The number of carbonyl (C=O) groups excluding carboxylic acids is 6. The number of carbonyl (C=O) groups is 6. The normalized spacial score (nSPS) is 11.2. The maximum absolute atomic E-state index is 14.3. The van der Waals surface area contributed by atoms with Gasteiger partial charge in [-0.2, -0.15) is 26.3 Å². The fourth-order valence-corrected chi connectivity index (χ4v) is 7.57. The zero-order valence-corrected chi connectivity index (χ0v) is 38.0. The molecular formula is C40H48F6N12O8S2. The van der Waals surface area contributed by atoms with Gasteiger partial charge in [-0.1, -0.05) is 0 Å². The van der Waals surface area contributed by atoms with Gasteiger partial charge >= 0.3 is 24.3 Å². The van der Waals surface area contributed by atoms with Crippen molar-refractivity contribution in [2.24, 2.45) is 32.9 Å². The minimum atomic E-state index is -5.01. The number of hydrogen-bond donors (Lipinski definition) is 8. The van der Waals surface area contributed by atoms with Crippen molar-refractivity contribution < 1.29 is 64.6 Å². The number of aromatic nitrogens is 2. The molecule has 0 spiro atoms. The predicted octanol–water partition coefficient (Wildman–Crippen LogP) is 5.09. The van der Waals surface area contributed by atoms with Gasteiger partial charge in [-0.05, 0) is 49.9 Å². The Bertz CT molecular complexity index is 2210. The van der Waals surface area contributed by atoms with Crippen molar-refractivity contribution in [3.05, 3.63) is 59.2 Å². The fraction of sp³-hybridized carbons (Fsp3) is 0.400. The summed E-state index contributed by atoms with van der Waals surface area (Å²) in [5.41, 5.74) is 15.7. The lowest BCUT2D eigenvalue weighted by atomic mass is 10.1. The molecule has 20 nitrogen and oxygen atoms in total. The van der Waals surface area contributed by atoms with Crippen LogP contribution in [0.4, 0.5) is 49.1 Å². The van der Waals surface area contributed by atoms with Crippen LogP contribution in [0.2, 0.25) is 0 Å². The van der Waals surface area contributed by atoms with E-state index in [4.69, 9.17) is 22.9 Å². The van der Waals surface area contributed by atoms with E-state index in [2.05, 4.69) is 50.7 Å². The van der Waals surface area contributed by atoms with Crippen LogP contribution in [0.25, 0.3) is 0 Å².